The van der Waals surface area contributed by atoms with Crippen molar-refractivity contribution in [2.45, 2.75) is 52.1 Å². The van der Waals surface area contributed by atoms with Crippen molar-refractivity contribution in [3.05, 3.63) is 41.5 Å². The molecule has 2 aromatic rings. The van der Waals surface area contributed by atoms with E-state index in [-0.39, 0.29) is 11.9 Å². The van der Waals surface area contributed by atoms with E-state index in [4.69, 9.17) is 4.74 Å². The average molecular weight is 328 g/mol. The van der Waals surface area contributed by atoms with Crippen molar-refractivity contribution in [3.8, 4) is 5.75 Å². The fourth-order valence-electron chi connectivity index (χ4n) is 3.04. The first-order chi connectivity index (χ1) is 11.7. The van der Waals surface area contributed by atoms with Crippen LogP contribution in [0.2, 0.25) is 0 Å². The van der Waals surface area contributed by atoms with Crippen molar-refractivity contribution >= 4 is 5.91 Å². The molecule has 0 fully saturated rings. The highest BCUT2D eigenvalue weighted by Crippen LogP contribution is 2.19. The first-order valence-electron chi connectivity index (χ1n) is 8.64. The second-order valence-electron chi connectivity index (χ2n) is 6.09. The third-order valence-electron chi connectivity index (χ3n) is 4.30. The highest BCUT2D eigenvalue weighted by atomic mass is 16.5. The van der Waals surface area contributed by atoms with Crippen LogP contribution in [-0.4, -0.2) is 27.3 Å². The number of benzene rings is 1. The SMILES string of the molecule is CCOc1ccc(C(=O)NC(C)c2nnc3n2CCCCC3)cc1. The van der Waals surface area contributed by atoms with Gasteiger partial charge in [-0.1, -0.05) is 6.42 Å². The molecule has 0 radical (unpaired) electrons. The predicted molar refractivity (Wildman–Crippen MR) is 91.1 cm³/mol. The summed E-state index contributed by atoms with van der Waals surface area (Å²) in [6, 6.07) is 7.00. The molecule has 1 aromatic heterocycles. The zero-order valence-electron chi connectivity index (χ0n) is 14.3. The number of hydrogen-bond donors (Lipinski definition) is 1. The Morgan fingerprint density at radius 2 is 2.04 bits per heavy atom. The molecular weight excluding hydrogens is 304 g/mol. The zero-order valence-corrected chi connectivity index (χ0v) is 14.3. The standard InChI is InChI=1S/C18H24N4O2/c1-3-24-15-10-8-14(9-11-15)18(23)19-13(2)17-21-20-16-7-5-4-6-12-22(16)17/h8-11,13H,3-7,12H2,1-2H3,(H,19,23). The van der Waals surface area contributed by atoms with Crippen molar-refractivity contribution in [1.82, 2.24) is 20.1 Å². The maximum absolute atomic E-state index is 12.4. The molecule has 6 heteroatoms. The van der Waals surface area contributed by atoms with Crippen molar-refractivity contribution < 1.29 is 9.53 Å². The molecule has 1 aliphatic heterocycles. The summed E-state index contributed by atoms with van der Waals surface area (Å²) < 4.78 is 7.56. The van der Waals surface area contributed by atoms with Gasteiger partial charge >= 0.3 is 0 Å². The van der Waals surface area contributed by atoms with Crippen LogP contribution >= 0.6 is 0 Å². The van der Waals surface area contributed by atoms with Crippen LogP contribution in [-0.2, 0) is 13.0 Å². The lowest BCUT2D eigenvalue weighted by atomic mass is 10.2. The molecule has 0 bridgehead atoms. The predicted octanol–water partition coefficient (Wildman–Crippen LogP) is 2.89. The number of aryl methyl sites for hydroxylation is 1. The third kappa shape index (κ3) is 3.58. The second-order valence-corrected chi connectivity index (χ2v) is 6.09. The van der Waals surface area contributed by atoms with Gasteiger partial charge in [-0.15, -0.1) is 10.2 Å². The number of rotatable bonds is 5. The fourth-order valence-corrected chi connectivity index (χ4v) is 3.04. The monoisotopic (exact) mass is 328 g/mol. The maximum atomic E-state index is 12.4. The molecule has 0 saturated carbocycles. The second kappa shape index (κ2) is 7.47. The number of carbonyl (C=O) groups excluding carboxylic acids is 1. The van der Waals surface area contributed by atoms with Gasteiger partial charge < -0.3 is 14.6 Å². The fraction of sp³-hybridized carbons (Fsp3) is 0.500. The van der Waals surface area contributed by atoms with Crippen LogP contribution in [0.15, 0.2) is 24.3 Å². The summed E-state index contributed by atoms with van der Waals surface area (Å²) in [5.41, 5.74) is 0.612. The Labute approximate surface area is 142 Å². The summed E-state index contributed by atoms with van der Waals surface area (Å²) in [5, 5.41) is 11.6. The van der Waals surface area contributed by atoms with E-state index in [9.17, 15) is 4.79 Å². The summed E-state index contributed by atoms with van der Waals surface area (Å²) in [7, 11) is 0. The van der Waals surface area contributed by atoms with Crippen LogP contribution in [0, 0.1) is 0 Å². The van der Waals surface area contributed by atoms with Crippen LogP contribution < -0.4 is 10.1 Å². The van der Waals surface area contributed by atoms with E-state index < -0.39 is 0 Å². The number of aromatic nitrogens is 3. The van der Waals surface area contributed by atoms with E-state index in [1.165, 1.54) is 6.42 Å². The third-order valence-corrected chi connectivity index (χ3v) is 4.30. The molecule has 0 spiro atoms. The Balaban J connectivity index is 1.69. The Morgan fingerprint density at radius 1 is 1.25 bits per heavy atom. The molecule has 1 unspecified atom stereocenters. The topological polar surface area (TPSA) is 69.0 Å². The van der Waals surface area contributed by atoms with E-state index in [2.05, 4.69) is 20.1 Å². The quantitative estimate of drug-likeness (QED) is 0.916. The molecule has 0 saturated heterocycles. The summed E-state index contributed by atoms with van der Waals surface area (Å²) >= 11 is 0. The molecule has 6 nitrogen and oxygen atoms in total. The minimum atomic E-state index is -0.177. The Hall–Kier alpha value is -2.37. The summed E-state index contributed by atoms with van der Waals surface area (Å²) in [4.78, 5) is 12.4. The minimum absolute atomic E-state index is 0.114. The Morgan fingerprint density at radius 3 is 2.79 bits per heavy atom. The normalized spacial score (nSPS) is 15.2. The van der Waals surface area contributed by atoms with Crippen LogP contribution in [0.1, 0.15) is 61.2 Å². The highest BCUT2D eigenvalue weighted by Gasteiger charge is 2.21. The van der Waals surface area contributed by atoms with Gasteiger partial charge in [0, 0.05) is 18.5 Å². The van der Waals surface area contributed by atoms with Gasteiger partial charge in [0.25, 0.3) is 5.91 Å². The van der Waals surface area contributed by atoms with E-state index in [1.807, 2.05) is 26.0 Å². The van der Waals surface area contributed by atoms with Crippen LogP contribution in [0.4, 0.5) is 0 Å². The van der Waals surface area contributed by atoms with Crippen LogP contribution in [0.5, 0.6) is 5.75 Å². The number of nitrogens with zero attached hydrogens (tertiary/aromatic N) is 3. The van der Waals surface area contributed by atoms with Crippen molar-refractivity contribution in [2.24, 2.45) is 0 Å². The van der Waals surface area contributed by atoms with Gasteiger partial charge in [0.05, 0.1) is 12.6 Å². The molecule has 0 aliphatic carbocycles. The number of nitrogens with one attached hydrogen (secondary N) is 1. The van der Waals surface area contributed by atoms with Gasteiger partial charge in [-0.3, -0.25) is 4.79 Å². The lowest BCUT2D eigenvalue weighted by molar-refractivity contribution is 0.0937. The van der Waals surface area contributed by atoms with Crippen LogP contribution in [0.3, 0.4) is 0 Å². The molecule has 128 valence electrons. The van der Waals surface area contributed by atoms with E-state index in [1.54, 1.807) is 12.1 Å². The molecule has 1 amide bonds. The molecule has 1 aromatic carbocycles. The average Bonchev–Trinajstić information content (AvgIpc) is 2.85. The van der Waals surface area contributed by atoms with Crippen LogP contribution in [0.25, 0.3) is 0 Å². The number of ether oxygens (including phenoxy) is 1. The molecule has 1 atom stereocenters. The van der Waals surface area contributed by atoms with Gasteiger partial charge in [0.15, 0.2) is 5.82 Å². The largest absolute Gasteiger partial charge is 0.494 e. The lowest BCUT2D eigenvalue weighted by Crippen LogP contribution is -2.29. The van der Waals surface area contributed by atoms with Crippen molar-refractivity contribution in [3.63, 3.8) is 0 Å². The number of fused-ring (bicyclic) bond motifs is 1. The zero-order chi connectivity index (χ0) is 16.9. The van der Waals surface area contributed by atoms with E-state index in [0.29, 0.717) is 12.2 Å². The molecule has 1 N–H and O–H groups in total. The molecule has 2 heterocycles. The summed E-state index contributed by atoms with van der Waals surface area (Å²) in [6.45, 7) is 5.43. The van der Waals surface area contributed by atoms with Crippen molar-refractivity contribution in [2.75, 3.05) is 6.61 Å². The van der Waals surface area contributed by atoms with Gasteiger partial charge in [-0.25, -0.2) is 0 Å². The molecule has 1 aliphatic rings. The summed E-state index contributed by atoms with van der Waals surface area (Å²) in [6.07, 6.45) is 4.48. The van der Waals surface area contributed by atoms with Gasteiger partial charge in [0.1, 0.15) is 11.6 Å². The van der Waals surface area contributed by atoms with E-state index in [0.717, 1.165) is 43.2 Å². The van der Waals surface area contributed by atoms with E-state index >= 15 is 0 Å². The summed E-state index contributed by atoms with van der Waals surface area (Å²) in [5.74, 6) is 2.53. The Kier molecular flexibility index (Phi) is 5.13. The highest BCUT2D eigenvalue weighted by molar-refractivity contribution is 5.94. The smallest absolute Gasteiger partial charge is 0.251 e. The van der Waals surface area contributed by atoms with Gasteiger partial charge in [0.2, 0.25) is 0 Å². The maximum Gasteiger partial charge on any atom is 0.251 e. The molecular formula is C18H24N4O2. The lowest BCUT2D eigenvalue weighted by Gasteiger charge is -2.15. The first-order valence-corrected chi connectivity index (χ1v) is 8.64. The number of hydrogen-bond acceptors (Lipinski definition) is 4. The molecule has 24 heavy (non-hydrogen) atoms. The van der Waals surface area contributed by atoms with Gasteiger partial charge in [-0.2, -0.15) is 0 Å². The Bertz CT molecular complexity index is 694. The minimum Gasteiger partial charge on any atom is -0.494 e. The first kappa shape index (κ1) is 16.5. The van der Waals surface area contributed by atoms with Crippen molar-refractivity contribution in [1.29, 1.82) is 0 Å². The molecule has 3 rings (SSSR count). The number of carbonyl (C=O) groups is 1. The van der Waals surface area contributed by atoms with Gasteiger partial charge in [-0.05, 0) is 51.0 Å². The number of amides is 1.